The van der Waals surface area contributed by atoms with E-state index in [4.69, 9.17) is 0 Å². The lowest BCUT2D eigenvalue weighted by atomic mass is 10.2. The first-order valence-corrected chi connectivity index (χ1v) is 6.32. The molecule has 2 aromatic rings. The maximum Gasteiger partial charge on any atom is 0.242 e. The van der Waals surface area contributed by atoms with Crippen LogP contribution in [-0.2, 0) is 11.3 Å². The highest BCUT2D eigenvalue weighted by atomic mass is 16.2. The molecule has 19 heavy (non-hydrogen) atoms. The van der Waals surface area contributed by atoms with Crippen LogP contribution in [0, 0.1) is 0 Å². The van der Waals surface area contributed by atoms with E-state index in [9.17, 15) is 9.59 Å². The van der Waals surface area contributed by atoms with Crippen molar-refractivity contribution in [3.05, 3.63) is 36.0 Å². The zero-order chi connectivity index (χ0) is 14.0. The standard InChI is InChI=1S/C15H18N2O2/c1-11(2)16(3)15(19)9-17-7-6-13-8-12(10-18)4-5-14(13)17/h4-8,10-11H,9H2,1-3H3. The van der Waals surface area contributed by atoms with Crippen LogP contribution in [0.1, 0.15) is 24.2 Å². The van der Waals surface area contributed by atoms with Crippen molar-refractivity contribution >= 4 is 23.1 Å². The lowest BCUT2D eigenvalue weighted by Gasteiger charge is -2.21. The molecule has 0 radical (unpaired) electrons. The molecule has 0 saturated heterocycles. The predicted octanol–water partition coefficient (Wildman–Crippen LogP) is 2.32. The number of carbonyl (C=O) groups is 2. The molecular weight excluding hydrogens is 240 g/mol. The number of rotatable bonds is 4. The molecule has 2 rings (SSSR count). The Balaban J connectivity index is 2.27. The summed E-state index contributed by atoms with van der Waals surface area (Å²) in [6.07, 6.45) is 2.71. The van der Waals surface area contributed by atoms with Gasteiger partial charge in [-0.3, -0.25) is 9.59 Å². The molecule has 0 fully saturated rings. The number of aldehydes is 1. The summed E-state index contributed by atoms with van der Waals surface area (Å²) in [5.41, 5.74) is 1.62. The lowest BCUT2D eigenvalue weighted by molar-refractivity contribution is -0.131. The molecule has 0 unspecified atom stereocenters. The third kappa shape index (κ3) is 2.67. The summed E-state index contributed by atoms with van der Waals surface area (Å²) in [4.78, 5) is 24.5. The van der Waals surface area contributed by atoms with Crippen LogP contribution in [0.3, 0.4) is 0 Å². The molecule has 0 aliphatic carbocycles. The van der Waals surface area contributed by atoms with Crippen LogP contribution >= 0.6 is 0 Å². The van der Waals surface area contributed by atoms with Gasteiger partial charge in [0.05, 0.1) is 0 Å². The van der Waals surface area contributed by atoms with Gasteiger partial charge in [-0.15, -0.1) is 0 Å². The summed E-state index contributed by atoms with van der Waals surface area (Å²) in [6, 6.07) is 7.58. The fourth-order valence-electron chi connectivity index (χ4n) is 1.98. The van der Waals surface area contributed by atoms with E-state index in [1.165, 1.54) is 0 Å². The minimum atomic E-state index is 0.0759. The molecule has 0 N–H and O–H groups in total. The summed E-state index contributed by atoms with van der Waals surface area (Å²) in [7, 11) is 1.81. The fourth-order valence-corrected chi connectivity index (χ4v) is 1.98. The molecule has 0 bridgehead atoms. The van der Waals surface area contributed by atoms with Crippen LogP contribution in [0.5, 0.6) is 0 Å². The fraction of sp³-hybridized carbons (Fsp3) is 0.333. The summed E-state index contributed by atoms with van der Waals surface area (Å²) < 4.78 is 1.91. The van der Waals surface area contributed by atoms with E-state index < -0.39 is 0 Å². The molecular formula is C15H18N2O2. The van der Waals surface area contributed by atoms with E-state index in [1.807, 2.05) is 49.9 Å². The molecule has 4 nitrogen and oxygen atoms in total. The molecule has 0 aliphatic rings. The van der Waals surface area contributed by atoms with Gasteiger partial charge >= 0.3 is 0 Å². The number of carbonyl (C=O) groups excluding carboxylic acids is 2. The van der Waals surface area contributed by atoms with Gasteiger partial charge in [-0.25, -0.2) is 0 Å². The van der Waals surface area contributed by atoms with Crippen molar-refractivity contribution in [3.8, 4) is 0 Å². The molecule has 0 aliphatic heterocycles. The van der Waals surface area contributed by atoms with Crippen molar-refractivity contribution in [2.24, 2.45) is 0 Å². The van der Waals surface area contributed by atoms with Crippen LogP contribution in [0.4, 0.5) is 0 Å². The summed E-state index contributed by atoms with van der Waals surface area (Å²) >= 11 is 0. The summed E-state index contributed by atoms with van der Waals surface area (Å²) in [6.45, 7) is 4.29. The second kappa shape index (κ2) is 5.26. The first kappa shape index (κ1) is 13.3. The largest absolute Gasteiger partial charge is 0.342 e. The SMILES string of the molecule is CC(C)N(C)C(=O)Cn1ccc2cc(C=O)ccc21. The third-order valence-electron chi connectivity index (χ3n) is 3.40. The topological polar surface area (TPSA) is 42.3 Å². The van der Waals surface area contributed by atoms with Gasteiger partial charge in [0.2, 0.25) is 5.91 Å². The Bertz CT molecular complexity index is 614. The smallest absolute Gasteiger partial charge is 0.242 e. The Morgan fingerprint density at radius 1 is 1.37 bits per heavy atom. The van der Waals surface area contributed by atoms with Crippen molar-refractivity contribution in [1.29, 1.82) is 0 Å². The van der Waals surface area contributed by atoms with Crippen LogP contribution in [0.25, 0.3) is 10.9 Å². The first-order chi connectivity index (χ1) is 9.02. The lowest BCUT2D eigenvalue weighted by Crippen LogP contribution is -2.35. The van der Waals surface area contributed by atoms with Crippen LogP contribution in [-0.4, -0.2) is 34.7 Å². The van der Waals surface area contributed by atoms with Crippen molar-refractivity contribution in [1.82, 2.24) is 9.47 Å². The predicted molar refractivity (Wildman–Crippen MR) is 75.2 cm³/mol. The van der Waals surface area contributed by atoms with E-state index in [-0.39, 0.29) is 11.9 Å². The molecule has 1 aromatic heterocycles. The van der Waals surface area contributed by atoms with E-state index in [0.717, 1.165) is 17.2 Å². The van der Waals surface area contributed by atoms with Gasteiger partial charge in [-0.2, -0.15) is 0 Å². The molecule has 100 valence electrons. The van der Waals surface area contributed by atoms with E-state index >= 15 is 0 Å². The Labute approximate surface area is 112 Å². The quantitative estimate of drug-likeness (QED) is 0.790. The maximum atomic E-state index is 12.1. The number of hydrogen-bond acceptors (Lipinski definition) is 2. The molecule has 1 amide bonds. The molecule has 4 heteroatoms. The van der Waals surface area contributed by atoms with Crippen molar-refractivity contribution in [2.45, 2.75) is 26.4 Å². The van der Waals surface area contributed by atoms with E-state index in [0.29, 0.717) is 12.1 Å². The average molecular weight is 258 g/mol. The van der Waals surface area contributed by atoms with Crippen molar-refractivity contribution in [3.63, 3.8) is 0 Å². The molecule has 0 saturated carbocycles. The Hall–Kier alpha value is -2.10. The molecule has 1 heterocycles. The zero-order valence-corrected chi connectivity index (χ0v) is 11.5. The number of fused-ring (bicyclic) bond motifs is 1. The summed E-state index contributed by atoms with van der Waals surface area (Å²) in [5.74, 6) is 0.0759. The second-order valence-corrected chi connectivity index (χ2v) is 4.98. The minimum Gasteiger partial charge on any atom is -0.342 e. The highest BCUT2D eigenvalue weighted by molar-refractivity contribution is 5.88. The Morgan fingerprint density at radius 2 is 2.11 bits per heavy atom. The second-order valence-electron chi connectivity index (χ2n) is 4.98. The number of nitrogens with zero attached hydrogens (tertiary/aromatic N) is 2. The Morgan fingerprint density at radius 3 is 2.74 bits per heavy atom. The number of aromatic nitrogens is 1. The number of amides is 1. The molecule has 1 aromatic carbocycles. The van der Waals surface area contributed by atoms with Gasteiger partial charge in [0, 0.05) is 35.8 Å². The van der Waals surface area contributed by atoms with Gasteiger partial charge < -0.3 is 9.47 Å². The summed E-state index contributed by atoms with van der Waals surface area (Å²) in [5, 5.41) is 0.976. The first-order valence-electron chi connectivity index (χ1n) is 6.32. The zero-order valence-electron chi connectivity index (χ0n) is 11.5. The maximum absolute atomic E-state index is 12.1. The number of benzene rings is 1. The van der Waals surface area contributed by atoms with Crippen molar-refractivity contribution < 1.29 is 9.59 Å². The van der Waals surface area contributed by atoms with Gasteiger partial charge in [0.1, 0.15) is 12.8 Å². The van der Waals surface area contributed by atoms with E-state index in [1.54, 1.807) is 11.0 Å². The number of likely N-dealkylation sites (N-methyl/N-ethyl adjacent to an activating group) is 1. The van der Waals surface area contributed by atoms with Crippen LogP contribution in [0.15, 0.2) is 30.5 Å². The van der Waals surface area contributed by atoms with Gasteiger partial charge in [-0.1, -0.05) is 0 Å². The highest BCUT2D eigenvalue weighted by Crippen LogP contribution is 2.17. The normalized spacial score (nSPS) is 10.9. The molecule has 0 atom stereocenters. The van der Waals surface area contributed by atoms with Crippen LogP contribution < -0.4 is 0 Å². The highest BCUT2D eigenvalue weighted by Gasteiger charge is 2.13. The minimum absolute atomic E-state index is 0.0759. The van der Waals surface area contributed by atoms with Gasteiger partial charge in [0.25, 0.3) is 0 Å². The van der Waals surface area contributed by atoms with Crippen molar-refractivity contribution in [2.75, 3.05) is 7.05 Å². The average Bonchev–Trinajstić information content (AvgIpc) is 2.79. The van der Waals surface area contributed by atoms with E-state index in [2.05, 4.69) is 0 Å². The Kier molecular flexibility index (Phi) is 3.69. The van der Waals surface area contributed by atoms with Crippen LogP contribution in [0.2, 0.25) is 0 Å². The monoisotopic (exact) mass is 258 g/mol. The molecule has 0 spiro atoms. The third-order valence-corrected chi connectivity index (χ3v) is 3.40. The van der Waals surface area contributed by atoms with Gasteiger partial charge in [-0.05, 0) is 38.1 Å². The number of hydrogen-bond donors (Lipinski definition) is 0. The van der Waals surface area contributed by atoms with Gasteiger partial charge in [0.15, 0.2) is 0 Å².